The highest BCUT2D eigenvalue weighted by Gasteiger charge is 2.35. The number of fused-ring (bicyclic) bond motifs is 1. The van der Waals surface area contributed by atoms with Gasteiger partial charge in [-0.3, -0.25) is 14.2 Å². The molecule has 3 aromatic rings. The van der Waals surface area contributed by atoms with E-state index in [1.165, 1.54) is 11.1 Å². The zero-order valence-corrected chi connectivity index (χ0v) is 18.7. The average Bonchev–Trinajstić information content (AvgIpc) is 3.25. The number of hydrogen-bond donors (Lipinski definition) is 1. The quantitative estimate of drug-likeness (QED) is 0.604. The molecule has 0 unspecified atom stereocenters. The summed E-state index contributed by atoms with van der Waals surface area (Å²) >= 11 is 0. The van der Waals surface area contributed by atoms with E-state index in [1.54, 1.807) is 24.4 Å². The lowest BCUT2D eigenvalue weighted by Crippen LogP contribution is -2.42. The minimum absolute atomic E-state index is 0.0355. The number of nitrogens with one attached hydrogen (secondary N) is 1. The van der Waals surface area contributed by atoms with Crippen molar-refractivity contribution in [2.75, 3.05) is 13.1 Å². The molecular weight excluding hydrogens is 428 g/mol. The van der Waals surface area contributed by atoms with Crippen LogP contribution in [-0.4, -0.2) is 56.3 Å². The van der Waals surface area contributed by atoms with Crippen LogP contribution in [0.2, 0.25) is 0 Å². The van der Waals surface area contributed by atoms with Crippen molar-refractivity contribution in [1.82, 2.24) is 24.8 Å². The standard InChI is InChI=1S/C24H27F2N5O2/c1-3-18(4-2)29-22(32)20-6-5-19(15-27-20)31-10-7-16-13-17(14-28-21(16)31)23(33)30-11-8-24(25,26)9-12-30/h5-7,10,13-15,18H,3-4,8-9,11-12H2,1-2H3,(H,29,32). The lowest BCUT2D eigenvalue weighted by atomic mass is 10.1. The fourth-order valence-corrected chi connectivity index (χ4v) is 3.98. The number of nitrogens with zero attached hydrogens (tertiary/aromatic N) is 4. The molecule has 1 fully saturated rings. The molecule has 174 valence electrons. The monoisotopic (exact) mass is 455 g/mol. The van der Waals surface area contributed by atoms with Gasteiger partial charge in [0.05, 0.1) is 17.4 Å². The number of halogens is 2. The maximum atomic E-state index is 13.4. The number of pyridine rings is 2. The zero-order valence-electron chi connectivity index (χ0n) is 18.7. The van der Waals surface area contributed by atoms with Gasteiger partial charge in [0.2, 0.25) is 0 Å². The highest BCUT2D eigenvalue weighted by Crippen LogP contribution is 2.28. The molecule has 0 saturated carbocycles. The second-order valence-electron chi connectivity index (χ2n) is 8.36. The van der Waals surface area contributed by atoms with Gasteiger partial charge >= 0.3 is 0 Å². The fourth-order valence-electron chi connectivity index (χ4n) is 3.98. The van der Waals surface area contributed by atoms with Gasteiger partial charge in [-0.05, 0) is 37.1 Å². The minimum Gasteiger partial charge on any atom is -0.348 e. The van der Waals surface area contributed by atoms with Gasteiger partial charge in [-0.15, -0.1) is 0 Å². The first-order valence-corrected chi connectivity index (χ1v) is 11.2. The van der Waals surface area contributed by atoms with Crippen LogP contribution in [0, 0.1) is 0 Å². The second kappa shape index (κ2) is 9.25. The molecule has 9 heteroatoms. The van der Waals surface area contributed by atoms with Crippen molar-refractivity contribution in [3.63, 3.8) is 0 Å². The maximum Gasteiger partial charge on any atom is 0.270 e. The summed E-state index contributed by atoms with van der Waals surface area (Å²) in [5, 5.41) is 3.72. The van der Waals surface area contributed by atoms with Crippen molar-refractivity contribution < 1.29 is 18.4 Å². The highest BCUT2D eigenvalue weighted by atomic mass is 19.3. The number of aromatic nitrogens is 3. The summed E-state index contributed by atoms with van der Waals surface area (Å²) in [7, 11) is 0. The summed E-state index contributed by atoms with van der Waals surface area (Å²) < 4.78 is 28.6. The zero-order chi connectivity index (χ0) is 23.6. The van der Waals surface area contributed by atoms with E-state index >= 15 is 0 Å². The summed E-state index contributed by atoms with van der Waals surface area (Å²) in [6, 6.07) is 7.14. The first-order chi connectivity index (χ1) is 15.8. The van der Waals surface area contributed by atoms with Gasteiger partial charge in [0, 0.05) is 49.8 Å². The van der Waals surface area contributed by atoms with E-state index in [-0.39, 0.29) is 43.8 Å². The molecule has 3 aromatic heterocycles. The summed E-state index contributed by atoms with van der Waals surface area (Å²) in [4.78, 5) is 35.3. The third-order valence-corrected chi connectivity index (χ3v) is 6.14. The Morgan fingerprint density at radius 2 is 1.82 bits per heavy atom. The van der Waals surface area contributed by atoms with E-state index in [4.69, 9.17) is 0 Å². The normalized spacial score (nSPS) is 15.7. The van der Waals surface area contributed by atoms with Crippen LogP contribution in [0.3, 0.4) is 0 Å². The molecule has 0 spiro atoms. The van der Waals surface area contributed by atoms with Crippen molar-refractivity contribution in [2.24, 2.45) is 0 Å². The van der Waals surface area contributed by atoms with E-state index in [1.807, 2.05) is 30.7 Å². The van der Waals surface area contributed by atoms with Gasteiger partial charge in [-0.2, -0.15) is 0 Å². The molecule has 2 amide bonds. The second-order valence-corrected chi connectivity index (χ2v) is 8.36. The van der Waals surface area contributed by atoms with Crippen molar-refractivity contribution in [2.45, 2.75) is 51.5 Å². The van der Waals surface area contributed by atoms with Crippen molar-refractivity contribution >= 4 is 22.8 Å². The van der Waals surface area contributed by atoms with E-state index < -0.39 is 5.92 Å². The Kier molecular flexibility index (Phi) is 6.40. The van der Waals surface area contributed by atoms with E-state index in [2.05, 4.69) is 15.3 Å². The molecule has 0 aliphatic carbocycles. The molecular formula is C24H27F2N5O2. The minimum atomic E-state index is -2.70. The van der Waals surface area contributed by atoms with Crippen LogP contribution >= 0.6 is 0 Å². The SMILES string of the molecule is CCC(CC)NC(=O)c1ccc(-n2ccc3cc(C(=O)N4CCC(F)(F)CC4)cnc32)cn1. The Morgan fingerprint density at radius 3 is 2.45 bits per heavy atom. The van der Waals surface area contributed by atoms with Crippen LogP contribution in [0.4, 0.5) is 8.78 Å². The van der Waals surface area contributed by atoms with Gasteiger partial charge in [-0.25, -0.2) is 18.7 Å². The van der Waals surface area contributed by atoms with Gasteiger partial charge < -0.3 is 10.2 Å². The number of carbonyl (C=O) groups excluding carboxylic acids is 2. The third-order valence-electron chi connectivity index (χ3n) is 6.14. The number of alkyl halides is 2. The summed E-state index contributed by atoms with van der Waals surface area (Å²) in [6.07, 6.45) is 5.97. The summed E-state index contributed by atoms with van der Waals surface area (Å²) in [6.45, 7) is 4.12. The van der Waals surface area contributed by atoms with Crippen LogP contribution in [0.25, 0.3) is 16.7 Å². The van der Waals surface area contributed by atoms with Crippen LogP contribution < -0.4 is 5.32 Å². The first kappa shape index (κ1) is 22.8. The van der Waals surface area contributed by atoms with Crippen LogP contribution in [0.1, 0.15) is 60.4 Å². The van der Waals surface area contributed by atoms with Crippen LogP contribution in [-0.2, 0) is 0 Å². The lowest BCUT2D eigenvalue weighted by Gasteiger charge is -2.31. The average molecular weight is 456 g/mol. The lowest BCUT2D eigenvalue weighted by molar-refractivity contribution is -0.0494. The predicted octanol–water partition coefficient (Wildman–Crippen LogP) is 4.21. The molecule has 0 bridgehead atoms. The van der Waals surface area contributed by atoms with Crippen molar-refractivity contribution in [1.29, 1.82) is 0 Å². The number of carbonyl (C=O) groups is 2. The number of rotatable bonds is 6. The number of amides is 2. The summed E-state index contributed by atoms with van der Waals surface area (Å²) in [5.74, 6) is -3.19. The smallest absolute Gasteiger partial charge is 0.270 e. The molecule has 0 aromatic carbocycles. The highest BCUT2D eigenvalue weighted by molar-refractivity contribution is 5.97. The van der Waals surface area contributed by atoms with Gasteiger partial charge in [0.25, 0.3) is 17.7 Å². The van der Waals surface area contributed by atoms with Crippen molar-refractivity contribution in [3.05, 3.63) is 54.1 Å². The molecule has 33 heavy (non-hydrogen) atoms. The molecule has 0 radical (unpaired) electrons. The van der Waals surface area contributed by atoms with Crippen LogP contribution in [0.5, 0.6) is 0 Å². The third kappa shape index (κ3) is 4.86. The number of hydrogen-bond acceptors (Lipinski definition) is 4. The van der Waals surface area contributed by atoms with E-state index in [0.29, 0.717) is 16.9 Å². The van der Waals surface area contributed by atoms with Gasteiger partial charge in [-0.1, -0.05) is 13.8 Å². The molecule has 4 rings (SSSR count). The molecule has 1 aliphatic rings. The molecule has 1 aliphatic heterocycles. The number of likely N-dealkylation sites (tertiary alicyclic amines) is 1. The Bertz CT molecular complexity index is 1150. The van der Waals surface area contributed by atoms with Crippen LogP contribution in [0.15, 0.2) is 42.9 Å². The first-order valence-electron chi connectivity index (χ1n) is 11.2. The molecule has 1 N–H and O–H groups in total. The fraction of sp³-hybridized carbons (Fsp3) is 0.417. The van der Waals surface area contributed by atoms with Gasteiger partial charge in [0.15, 0.2) is 0 Å². The van der Waals surface area contributed by atoms with Crippen molar-refractivity contribution in [3.8, 4) is 5.69 Å². The summed E-state index contributed by atoms with van der Waals surface area (Å²) in [5.41, 5.74) is 2.08. The number of piperidine rings is 1. The topological polar surface area (TPSA) is 80.1 Å². The van der Waals surface area contributed by atoms with Gasteiger partial charge in [0.1, 0.15) is 11.3 Å². The molecule has 1 saturated heterocycles. The maximum absolute atomic E-state index is 13.4. The molecule has 4 heterocycles. The Balaban J connectivity index is 1.51. The van der Waals surface area contributed by atoms with E-state index in [9.17, 15) is 18.4 Å². The Morgan fingerprint density at radius 1 is 1.09 bits per heavy atom. The molecule has 0 atom stereocenters. The Hall–Kier alpha value is -3.36. The Labute approximate surface area is 190 Å². The largest absolute Gasteiger partial charge is 0.348 e. The van der Waals surface area contributed by atoms with E-state index in [0.717, 1.165) is 23.9 Å². The predicted molar refractivity (Wildman–Crippen MR) is 121 cm³/mol. The molecule has 7 nitrogen and oxygen atoms in total.